The first-order chi connectivity index (χ1) is 9.80. The molecular formula is C13H22BrN3O2S2. The predicted molar refractivity (Wildman–Crippen MR) is 90.3 cm³/mol. The summed E-state index contributed by atoms with van der Waals surface area (Å²) in [5, 5.41) is 3.41. The van der Waals surface area contributed by atoms with Crippen LogP contribution >= 0.6 is 27.3 Å². The molecule has 8 heteroatoms. The third-order valence-electron chi connectivity index (χ3n) is 3.40. The molecule has 5 nitrogen and oxygen atoms in total. The molecule has 0 saturated heterocycles. The molecule has 0 atom stereocenters. The Morgan fingerprint density at radius 3 is 2.57 bits per heavy atom. The molecule has 1 aliphatic carbocycles. The lowest BCUT2D eigenvalue weighted by atomic mass is 10.4. The van der Waals surface area contributed by atoms with Crippen molar-refractivity contribution in [2.75, 3.05) is 34.2 Å². The van der Waals surface area contributed by atoms with Crippen molar-refractivity contribution in [3.63, 3.8) is 0 Å². The molecular weight excluding hydrogens is 374 g/mol. The van der Waals surface area contributed by atoms with Crippen LogP contribution < -0.4 is 5.32 Å². The van der Waals surface area contributed by atoms with Gasteiger partial charge in [0, 0.05) is 37.6 Å². The van der Waals surface area contributed by atoms with Crippen LogP contribution in [0.15, 0.2) is 14.7 Å². The summed E-state index contributed by atoms with van der Waals surface area (Å²) in [7, 11) is 2.07. The number of hydrogen-bond donors (Lipinski definition) is 1. The maximum absolute atomic E-state index is 12.6. The summed E-state index contributed by atoms with van der Waals surface area (Å²) in [5.74, 6) is 0. The van der Waals surface area contributed by atoms with Gasteiger partial charge in [-0.25, -0.2) is 8.42 Å². The van der Waals surface area contributed by atoms with E-state index in [0.29, 0.717) is 27.8 Å². The molecule has 0 unspecified atom stereocenters. The van der Waals surface area contributed by atoms with E-state index in [1.807, 2.05) is 19.0 Å². The molecule has 21 heavy (non-hydrogen) atoms. The Morgan fingerprint density at radius 1 is 1.33 bits per heavy atom. The third-order valence-corrected chi connectivity index (χ3v) is 7.51. The summed E-state index contributed by atoms with van der Waals surface area (Å²) in [4.78, 5) is 3.40. The zero-order valence-corrected chi connectivity index (χ0v) is 15.8. The lowest BCUT2D eigenvalue weighted by Gasteiger charge is -2.19. The van der Waals surface area contributed by atoms with Gasteiger partial charge < -0.3 is 10.2 Å². The Morgan fingerprint density at radius 2 is 2.00 bits per heavy atom. The van der Waals surface area contributed by atoms with Crippen LogP contribution in [0.2, 0.25) is 0 Å². The third kappa shape index (κ3) is 4.74. The number of sulfonamides is 1. The van der Waals surface area contributed by atoms with E-state index in [4.69, 9.17) is 0 Å². The van der Waals surface area contributed by atoms with E-state index in [9.17, 15) is 8.42 Å². The first-order valence-electron chi connectivity index (χ1n) is 6.93. The van der Waals surface area contributed by atoms with Gasteiger partial charge in [-0.3, -0.25) is 0 Å². The number of thiophene rings is 1. The largest absolute Gasteiger partial charge is 0.309 e. The monoisotopic (exact) mass is 395 g/mol. The lowest BCUT2D eigenvalue weighted by molar-refractivity contribution is 0.358. The van der Waals surface area contributed by atoms with E-state index < -0.39 is 10.0 Å². The summed E-state index contributed by atoms with van der Waals surface area (Å²) in [5.41, 5.74) is 0. The zero-order valence-electron chi connectivity index (χ0n) is 12.6. The minimum atomic E-state index is -3.42. The van der Waals surface area contributed by atoms with Gasteiger partial charge in [0.25, 0.3) is 0 Å². The van der Waals surface area contributed by atoms with E-state index in [0.717, 1.165) is 11.4 Å². The highest BCUT2D eigenvalue weighted by atomic mass is 79.9. The minimum Gasteiger partial charge on any atom is -0.309 e. The van der Waals surface area contributed by atoms with Gasteiger partial charge in [-0.05, 0) is 48.9 Å². The number of rotatable bonds is 8. The molecule has 1 saturated carbocycles. The topological polar surface area (TPSA) is 52.7 Å². The number of hydrogen-bond acceptors (Lipinski definition) is 5. The molecule has 0 spiro atoms. The molecule has 1 fully saturated rings. The molecule has 0 radical (unpaired) electrons. The molecule has 1 aliphatic rings. The van der Waals surface area contributed by atoms with Crippen LogP contribution in [-0.4, -0.2) is 57.9 Å². The van der Waals surface area contributed by atoms with Gasteiger partial charge in [0.2, 0.25) is 10.0 Å². The average molecular weight is 396 g/mol. The molecule has 1 N–H and O–H groups in total. The second kappa shape index (κ2) is 7.06. The Hall–Kier alpha value is 0.01000. The molecule has 0 aromatic carbocycles. The van der Waals surface area contributed by atoms with E-state index in [-0.39, 0.29) is 0 Å². The fourth-order valence-corrected chi connectivity index (χ4v) is 5.56. The zero-order chi connectivity index (χ0) is 15.6. The Kier molecular flexibility index (Phi) is 5.84. The molecule has 0 aliphatic heterocycles. The highest BCUT2D eigenvalue weighted by molar-refractivity contribution is 9.11. The van der Waals surface area contributed by atoms with Crippen LogP contribution in [0, 0.1) is 0 Å². The standard InChI is InChI=1S/C13H22BrN3O2S2/c1-16(2)6-7-17(3)21(18,19)12-8-11(20-13(12)14)9-15-10-4-5-10/h8,10,15H,4-7,9H2,1-3H3. The summed E-state index contributed by atoms with van der Waals surface area (Å²) in [6.45, 7) is 1.92. The Labute approximate surface area is 139 Å². The summed E-state index contributed by atoms with van der Waals surface area (Å²) >= 11 is 4.89. The van der Waals surface area contributed by atoms with Crippen LogP contribution in [0.1, 0.15) is 17.7 Å². The highest BCUT2D eigenvalue weighted by Gasteiger charge is 2.26. The quantitative estimate of drug-likeness (QED) is 0.730. The van der Waals surface area contributed by atoms with E-state index in [2.05, 4.69) is 21.2 Å². The van der Waals surface area contributed by atoms with Gasteiger partial charge in [0.05, 0.1) is 3.79 Å². The van der Waals surface area contributed by atoms with Crippen molar-refractivity contribution < 1.29 is 8.42 Å². The fraction of sp³-hybridized carbons (Fsp3) is 0.692. The van der Waals surface area contributed by atoms with E-state index >= 15 is 0 Å². The highest BCUT2D eigenvalue weighted by Crippen LogP contribution is 2.33. The van der Waals surface area contributed by atoms with Crippen molar-refractivity contribution in [1.82, 2.24) is 14.5 Å². The second-order valence-corrected chi connectivity index (χ2v) is 10.1. The summed E-state index contributed by atoms with van der Waals surface area (Å²) < 4.78 is 27.3. The summed E-state index contributed by atoms with van der Waals surface area (Å²) in [6, 6.07) is 2.40. The van der Waals surface area contributed by atoms with Crippen molar-refractivity contribution in [3.8, 4) is 0 Å². The lowest BCUT2D eigenvalue weighted by Crippen LogP contribution is -2.33. The van der Waals surface area contributed by atoms with Gasteiger partial charge in [0.15, 0.2) is 0 Å². The molecule has 0 bridgehead atoms. The van der Waals surface area contributed by atoms with Crippen LogP contribution in [0.3, 0.4) is 0 Å². The SMILES string of the molecule is CN(C)CCN(C)S(=O)(=O)c1cc(CNC2CC2)sc1Br. The average Bonchev–Trinajstić information content (AvgIpc) is 3.15. The first-order valence-corrected chi connectivity index (χ1v) is 9.98. The number of nitrogens with zero attached hydrogens (tertiary/aromatic N) is 2. The Balaban J connectivity index is 2.07. The van der Waals surface area contributed by atoms with E-state index in [1.54, 1.807) is 13.1 Å². The van der Waals surface area contributed by atoms with Crippen LogP contribution in [0.25, 0.3) is 0 Å². The predicted octanol–water partition coefficient (Wildman–Crippen LogP) is 1.94. The smallest absolute Gasteiger partial charge is 0.244 e. The van der Waals surface area contributed by atoms with Gasteiger partial charge in [0.1, 0.15) is 4.90 Å². The molecule has 2 rings (SSSR count). The Bertz CT molecular complexity index is 582. The number of likely N-dealkylation sites (N-methyl/N-ethyl adjacent to an activating group) is 2. The summed E-state index contributed by atoms with van der Waals surface area (Å²) in [6.07, 6.45) is 2.45. The van der Waals surface area contributed by atoms with E-state index in [1.165, 1.54) is 28.5 Å². The van der Waals surface area contributed by atoms with Crippen LogP contribution in [0.5, 0.6) is 0 Å². The van der Waals surface area contributed by atoms with Crippen LogP contribution in [0.4, 0.5) is 0 Å². The minimum absolute atomic E-state index is 0.376. The van der Waals surface area contributed by atoms with Gasteiger partial charge in [-0.2, -0.15) is 4.31 Å². The molecule has 1 heterocycles. The normalized spacial score (nSPS) is 16.1. The van der Waals surface area contributed by atoms with Crippen molar-refractivity contribution in [2.24, 2.45) is 0 Å². The first kappa shape index (κ1) is 17.4. The molecule has 0 amide bonds. The number of halogens is 1. The maximum Gasteiger partial charge on any atom is 0.244 e. The van der Waals surface area contributed by atoms with Crippen molar-refractivity contribution in [3.05, 3.63) is 14.7 Å². The van der Waals surface area contributed by atoms with Gasteiger partial charge in [-0.1, -0.05) is 0 Å². The van der Waals surface area contributed by atoms with Crippen molar-refractivity contribution >= 4 is 37.3 Å². The maximum atomic E-state index is 12.6. The fourth-order valence-electron chi connectivity index (χ4n) is 1.82. The van der Waals surface area contributed by atoms with Crippen molar-refractivity contribution in [1.29, 1.82) is 0 Å². The van der Waals surface area contributed by atoms with Gasteiger partial charge >= 0.3 is 0 Å². The van der Waals surface area contributed by atoms with Gasteiger partial charge in [-0.15, -0.1) is 11.3 Å². The molecule has 1 aromatic heterocycles. The van der Waals surface area contributed by atoms with Crippen molar-refractivity contribution in [2.45, 2.75) is 30.3 Å². The number of nitrogens with one attached hydrogen (secondary N) is 1. The van der Waals surface area contributed by atoms with Crippen LogP contribution in [-0.2, 0) is 16.6 Å². The molecule has 1 aromatic rings. The molecule has 120 valence electrons. The second-order valence-electron chi connectivity index (χ2n) is 5.64.